The highest BCUT2D eigenvalue weighted by Crippen LogP contribution is 2.40. The first-order valence-corrected chi connectivity index (χ1v) is 7.85. The number of aliphatic carboxylic acids is 1. The molecule has 25 heavy (non-hydrogen) atoms. The van der Waals surface area contributed by atoms with Crippen LogP contribution in [0.4, 0.5) is 0 Å². The summed E-state index contributed by atoms with van der Waals surface area (Å²) in [5.74, 6) is 0.282. The number of carboxylic acid groups (broad SMARTS) is 1. The van der Waals surface area contributed by atoms with Gasteiger partial charge in [-0.15, -0.1) is 0 Å². The van der Waals surface area contributed by atoms with Gasteiger partial charge in [-0.2, -0.15) is 0 Å². The van der Waals surface area contributed by atoms with Crippen LogP contribution in [0.5, 0.6) is 11.5 Å². The third-order valence-corrected chi connectivity index (χ3v) is 3.98. The molecule has 4 rings (SSSR count). The van der Waals surface area contributed by atoms with Crippen LogP contribution in [0, 0.1) is 0 Å². The fourth-order valence-corrected chi connectivity index (χ4v) is 2.91. The number of carboxylic acids is 1. The lowest BCUT2D eigenvalue weighted by Gasteiger charge is -2.04. The zero-order valence-electron chi connectivity index (χ0n) is 12.9. The first-order valence-electron chi connectivity index (χ1n) is 7.47. The van der Waals surface area contributed by atoms with Gasteiger partial charge in [0.1, 0.15) is 5.52 Å². The first kappa shape index (κ1) is 15.5. The molecule has 126 valence electrons. The number of rotatable bonds is 4. The lowest BCUT2D eigenvalue weighted by atomic mass is 10.1. The van der Waals surface area contributed by atoms with E-state index in [1.54, 1.807) is 30.3 Å². The van der Waals surface area contributed by atoms with Gasteiger partial charge in [-0.25, -0.2) is 4.98 Å². The summed E-state index contributed by atoms with van der Waals surface area (Å²) in [6.07, 6.45) is 1.44. The van der Waals surface area contributed by atoms with Gasteiger partial charge in [0.2, 0.25) is 12.7 Å². The topological polar surface area (TPSA) is 81.8 Å². The standard InChI is InChI=1S/C18H12ClNO5/c19-12-6-10(7-15-17(12)24-9-23-15)5-11(8-16(21)22)18-20-13-3-1-2-4-14(13)25-18/h1-7H,8-9H2,(H,21,22)/b11-5+. The van der Waals surface area contributed by atoms with Gasteiger partial charge in [-0.05, 0) is 35.9 Å². The van der Waals surface area contributed by atoms with E-state index in [1.807, 2.05) is 12.1 Å². The van der Waals surface area contributed by atoms with E-state index >= 15 is 0 Å². The van der Waals surface area contributed by atoms with Crippen LogP contribution in [0.2, 0.25) is 5.02 Å². The summed E-state index contributed by atoms with van der Waals surface area (Å²) in [6, 6.07) is 10.7. The van der Waals surface area contributed by atoms with Crippen LogP contribution in [-0.2, 0) is 4.79 Å². The van der Waals surface area contributed by atoms with E-state index in [4.69, 9.17) is 25.5 Å². The van der Waals surface area contributed by atoms with E-state index in [9.17, 15) is 9.90 Å². The molecule has 0 spiro atoms. The number of nitrogens with zero attached hydrogens (tertiary/aromatic N) is 1. The molecule has 1 aromatic heterocycles. The van der Waals surface area contributed by atoms with Gasteiger partial charge in [0, 0.05) is 5.57 Å². The minimum Gasteiger partial charge on any atom is -0.481 e. The van der Waals surface area contributed by atoms with Crippen molar-refractivity contribution in [3.63, 3.8) is 0 Å². The number of ether oxygens (including phenoxy) is 2. The van der Waals surface area contributed by atoms with Crippen LogP contribution in [-0.4, -0.2) is 22.9 Å². The average Bonchev–Trinajstić information content (AvgIpc) is 3.20. The Hall–Kier alpha value is -2.99. The number of hydrogen-bond donors (Lipinski definition) is 1. The minimum absolute atomic E-state index is 0.106. The van der Waals surface area contributed by atoms with E-state index < -0.39 is 5.97 Å². The molecule has 7 heteroatoms. The van der Waals surface area contributed by atoms with Gasteiger partial charge in [0.05, 0.1) is 11.4 Å². The predicted molar refractivity (Wildman–Crippen MR) is 91.7 cm³/mol. The van der Waals surface area contributed by atoms with Crippen molar-refractivity contribution < 1.29 is 23.8 Å². The molecule has 0 radical (unpaired) electrons. The van der Waals surface area contributed by atoms with Crippen LogP contribution in [0.15, 0.2) is 40.8 Å². The van der Waals surface area contributed by atoms with Crippen molar-refractivity contribution in [1.29, 1.82) is 0 Å². The van der Waals surface area contributed by atoms with Crippen LogP contribution in [0.25, 0.3) is 22.7 Å². The van der Waals surface area contributed by atoms with E-state index in [1.165, 1.54) is 0 Å². The quantitative estimate of drug-likeness (QED) is 0.752. The molecule has 0 fully saturated rings. The van der Waals surface area contributed by atoms with Crippen molar-refractivity contribution >= 4 is 40.3 Å². The summed E-state index contributed by atoms with van der Waals surface area (Å²) in [4.78, 5) is 15.6. The number of aromatic nitrogens is 1. The maximum Gasteiger partial charge on any atom is 0.308 e. The van der Waals surface area contributed by atoms with E-state index in [2.05, 4.69) is 4.98 Å². The molecule has 0 saturated carbocycles. The summed E-state index contributed by atoms with van der Waals surface area (Å²) in [5, 5.41) is 9.62. The lowest BCUT2D eigenvalue weighted by Crippen LogP contribution is -1.97. The van der Waals surface area contributed by atoms with Crippen molar-refractivity contribution in [3.05, 3.63) is 52.9 Å². The van der Waals surface area contributed by atoms with Crippen LogP contribution < -0.4 is 9.47 Å². The van der Waals surface area contributed by atoms with Gasteiger partial charge in [-0.3, -0.25) is 4.79 Å². The molecule has 3 aromatic rings. The Morgan fingerprint density at radius 2 is 2.12 bits per heavy atom. The van der Waals surface area contributed by atoms with E-state index in [0.717, 1.165) is 0 Å². The van der Waals surface area contributed by atoms with Gasteiger partial charge in [-0.1, -0.05) is 23.7 Å². The second kappa shape index (κ2) is 6.14. The molecule has 1 N–H and O–H groups in total. The molecule has 0 aliphatic carbocycles. The molecule has 1 aliphatic heterocycles. The van der Waals surface area contributed by atoms with Gasteiger partial charge in [0.25, 0.3) is 0 Å². The Labute approximate surface area is 147 Å². The second-order valence-electron chi connectivity index (χ2n) is 5.46. The maximum atomic E-state index is 11.3. The van der Waals surface area contributed by atoms with Crippen LogP contribution in [0.1, 0.15) is 17.9 Å². The van der Waals surface area contributed by atoms with Crippen molar-refractivity contribution in [1.82, 2.24) is 4.98 Å². The zero-order valence-corrected chi connectivity index (χ0v) is 13.6. The molecule has 2 heterocycles. The Morgan fingerprint density at radius 3 is 2.92 bits per heavy atom. The number of halogens is 1. The van der Waals surface area contributed by atoms with E-state index in [0.29, 0.717) is 38.8 Å². The third-order valence-electron chi connectivity index (χ3n) is 3.70. The molecule has 6 nitrogen and oxygen atoms in total. The molecule has 0 saturated heterocycles. The molecular formula is C18H12ClNO5. The number of carbonyl (C=O) groups is 1. The van der Waals surface area contributed by atoms with Crippen molar-refractivity contribution in [3.8, 4) is 11.5 Å². The largest absolute Gasteiger partial charge is 0.481 e. The molecule has 2 aromatic carbocycles. The monoisotopic (exact) mass is 357 g/mol. The van der Waals surface area contributed by atoms with Crippen molar-refractivity contribution in [2.75, 3.05) is 6.79 Å². The second-order valence-corrected chi connectivity index (χ2v) is 5.87. The first-order chi connectivity index (χ1) is 12.1. The summed E-state index contributed by atoms with van der Waals surface area (Å²) in [7, 11) is 0. The van der Waals surface area contributed by atoms with Crippen LogP contribution in [0.3, 0.4) is 0 Å². The van der Waals surface area contributed by atoms with Gasteiger partial charge < -0.3 is 19.0 Å². The zero-order chi connectivity index (χ0) is 17.4. The summed E-state index contributed by atoms with van der Waals surface area (Å²) in [6.45, 7) is 0.106. The SMILES string of the molecule is O=C(O)C/C(=C\c1cc(Cl)c2c(c1)OCO2)c1nc2ccccc2o1. The predicted octanol–water partition coefficient (Wildman–Crippen LogP) is 4.23. The maximum absolute atomic E-state index is 11.3. The van der Waals surface area contributed by atoms with Crippen molar-refractivity contribution in [2.24, 2.45) is 0 Å². The van der Waals surface area contributed by atoms with Crippen molar-refractivity contribution in [2.45, 2.75) is 6.42 Å². The molecular weight excluding hydrogens is 346 g/mol. The Bertz CT molecular complexity index is 975. The number of benzene rings is 2. The molecule has 1 aliphatic rings. The Balaban J connectivity index is 1.80. The summed E-state index contributed by atoms with van der Waals surface area (Å²) in [5.41, 5.74) is 2.36. The lowest BCUT2D eigenvalue weighted by molar-refractivity contribution is -0.135. The minimum atomic E-state index is -0.986. The molecule has 0 amide bonds. The van der Waals surface area contributed by atoms with Gasteiger partial charge in [0.15, 0.2) is 17.1 Å². The highest BCUT2D eigenvalue weighted by Gasteiger charge is 2.19. The molecule has 0 bridgehead atoms. The smallest absolute Gasteiger partial charge is 0.308 e. The molecule has 0 atom stereocenters. The van der Waals surface area contributed by atoms with Gasteiger partial charge >= 0.3 is 5.97 Å². The Kier molecular flexibility index (Phi) is 3.82. The highest BCUT2D eigenvalue weighted by molar-refractivity contribution is 6.32. The number of para-hydroxylation sites is 2. The van der Waals surface area contributed by atoms with E-state index in [-0.39, 0.29) is 19.1 Å². The fourth-order valence-electron chi connectivity index (χ4n) is 2.63. The number of oxazole rings is 1. The third kappa shape index (κ3) is 3.04. The highest BCUT2D eigenvalue weighted by atomic mass is 35.5. The number of fused-ring (bicyclic) bond motifs is 2. The van der Waals surface area contributed by atoms with Crippen LogP contribution >= 0.6 is 11.6 Å². The average molecular weight is 358 g/mol. The molecule has 0 unspecified atom stereocenters. The summed E-state index contributed by atoms with van der Waals surface area (Å²) >= 11 is 6.18. The normalized spacial score (nSPS) is 13.4. The summed E-state index contributed by atoms with van der Waals surface area (Å²) < 4.78 is 16.3. The number of hydrogen-bond acceptors (Lipinski definition) is 5. The Morgan fingerprint density at radius 1 is 1.28 bits per heavy atom. The fraction of sp³-hybridized carbons (Fsp3) is 0.111.